The SMILES string of the molecule is Cc1cc(C)nc(NC(=O)COc2cccc([N+](=O)[O-])c2)n1. The summed E-state index contributed by atoms with van der Waals surface area (Å²) in [5, 5.41) is 13.2. The smallest absolute Gasteiger partial charge is 0.273 e. The molecule has 1 aromatic heterocycles. The number of benzene rings is 1. The summed E-state index contributed by atoms with van der Waals surface area (Å²) < 4.78 is 5.22. The molecule has 0 spiro atoms. The van der Waals surface area contributed by atoms with Gasteiger partial charge in [-0.15, -0.1) is 0 Å². The summed E-state index contributed by atoms with van der Waals surface area (Å²) in [6.45, 7) is 3.30. The molecule has 0 aliphatic heterocycles. The van der Waals surface area contributed by atoms with Gasteiger partial charge in [0.1, 0.15) is 5.75 Å². The van der Waals surface area contributed by atoms with Gasteiger partial charge in [-0.25, -0.2) is 9.97 Å². The van der Waals surface area contributed by atoms with E-state index in [2.05, 4.69) is 15.3 Å². The van der Waals surface area contributed by atoms with E-state index in [4.69, 9.17) is 4.74 Å². The number of carbonyl (C=O) groups excluding carboxylic acids is 1. The number of nitrogens with zero attached hydrogens (tertiary/aromatic N) is 3. The summed E-state index contributed by atoms with van der Waals surface area (Å²) >= 11 is 0. The van der Waals surface area contributed by atoms with E-state index in [0.29, 0.717) is 0 Å². The Kier molecular flexibility index (Phi) is 4.62. The second-order valence-electron chi connectivity index (χ2n) is 4.57. The van der Waals surface area contributed by atoms with Crippen molar-refractivity contribution in [1.29, 1.82) is 0 Å². The zero-order chi connectivity index (χ0) is 16.1. The lowest BCUT2D eigenvalue weighted by molar-refractivity contribution is -0.384. The van der Waals surface area contributed by atoms with Gasteiger partial charge < -0.3 is 4.74 Å². The van der Waals surface area contributed by atoms with Gasteiger partial charge in [-0.3, -0.25) is 20.2 Å². The Balaban J connectivity index is 1.95. The van der Waals surface area contributed by atoms with E-state index in [0.717, 1.165) is 11.4 Å². The first-order chi connectivity index (χ1) is 10.4. The Labute approximate surface area is 126 Å². The fourth-order valence-corrected chi connectivity index (χ4v) is 1.78. The Bertz CT molecular complexity index is 697. The largest absolute Gasteiger partial charge is 0.484 e. The predicted molar refractivity (Wildman–Crippen MR) is 78.7 cm³/mol. The number of hydrogen-bond donors (Lipinski definition) is 1. The van der Waals surface area contributed by atoms with Crippen LogP contribution in [0.15, 0.2) is 30.3 Å². The summed E-state index contributed by atoms with van der Waals surface area (Å²) in [5.74, 6) is -0.00709. The van der Waals surface area contributed by atoms with Crippen LogP contribution in [-0.2, 0) is 4.79 Å². The zero-order valence-electron chi connectivity index (χ0n) is 12.1. The fraction of sp³-hybridized carbons (Fsp3) is 0.214. The van der Waals surface area contributed by atoms with Crippen LogP contribution >= 0.6 is 0 Å². The van der Waals surface area contributed by atoms with Gasteiger partial charge in [-0.1, -0.05) is 6.07 Å². The highest BCUT2D eigenvalue weighted by atomic mass is 16.6. The lowest BCUT2D eigenvalue weighted by Crippen LogP contribution is -2.21. The molecule has 0 fully saturated rings. The van der Waals surface area contributed by atoms with Crippen molar-refractivity contribution in [1.82, 2.24) is 9.97 Å². The third-order valence-corrected chi connectivity index (χ3v) is 2.63. The van der Waals surface area contributed by atoms with Gasteiger partial charge in [0, 0.05) is 17.5 Å². The van der Waals surface area contributed by atoms with E-state index in [1.54, 1.807) is 19.9 Å². The third kappa shape index (κ3) is 4.23. The van der Waals surface area contributed by atoms with Gasteiger partial charge in [-0.05, 0) is 26.0 Å². The van der Waals surface area contributed by atoms with Crippen molar-refractivity contribution in [3.8, 4) is 5.75 Å². The van der Waals surface area contributed by atoms with Crippen molar-refractivity contribution < 1.29 is 14.5 Å². The lowest BCUT2D eigenvalue weighted by atomic mass is 10.3. The molecule has 0 aliphatic carbocycles. The molecule has 0 bridgehead atoms. The standard InChI is InChI=1S/C14H14N4O4/c1-9-6-10(2)16-14(15-9)17-13(19)8-22-12-5-3-4-11(7-12)18(20)21/h3-7H,8H2,1-2H3,(H,15,16,17,19). The topological polar surface area (TPSA) is 107 Å². The minimum absolute atomic E-state index is 0.101. The maximum Gasteiger partial charge on any atom is 0.273 e. The minimum atomic E-state index is -0.531. The first-order valence-corrected chi connectivity index (χ1v) is 6.43. The highest BCUT2D eigenvalue weighted by Crippen LogP contribution is 2.18. The molecule has 8 nitrogen and oxygen atoms in total. The summed E-state index contributed by atoms with van der Waals surface area (Å²) in [7, 11) is 0. The van der Waals surface area contributed by atoms with Crippen LogP contribution in [0.3, 0.4) is 0 Å². The predicted octanol–water partition coefficient (Wildman–Crippen LogP) is 2.02. The number of amides is 1. The van der Waals surface area contributed by atoms with Crippen LogP contribution in [0.5, 0.6) is 5.75 Å². The van der Waals surface area contributed by atoms with Gasteiger partial charge in [-0.2, -0.15) is 0 Å². The molecule has 114 valence electrons. The molecule has 1 amide bonds. The Morgan fingerprint density at radius 3 is 2.59 bits per heavy atom. The number of non-ortho nitro benzene ring substituents is 1. The van der Waals surface area contributed by atoms with Crippen molar-refractivity contribution in [3.63, 3.8) is 0 Å². The maximum atomic E-state index is 11.8. The number of nitro groups is 1. The maximum absolute atomic E-state index is 11.8. The normalized spacial score (nSPS) is 10.1. The van der Waals surface area contributed by atoms with Crippen LogP contribution in [-0.4, -0.2) is 27.4 Å². The third-order valence-electron chi connectivity index (χ3n) is 2.63. The molecule has 0 saturated heterocycles. The molecule has 0 saturated carbocycles. The minimum Gasteiger partial charge on any atom is -0.484 e. The lowest BCUT2D eigenvalue weighted by Gasteiger charge is -2.07. The molecule has 0 radical (unpaired) electrons. The Morgan fingerprint density at radius 1 is 1.27 bits per heavy atom. The van der Waals surface area contributed by atoms with Gasteiger partial charge in [0.2, 0.25) is 5.95 Å². The molecule has 22 heavy (non-hydrogen) atoms. The highest BCUT2D eigenvalue weighted by molar-refractivity contribution is 5.90. The number of carbonyl (C=O) groups is 1. The van der Waals surface area contributed by atoms with E-state index in [9.17, 15) is 14.9 Å². The van der Waals surface area contributed by atoms with Crippen molar-refractivity contribution in [3.05, 3.63) is 51.8 Å². The van der Waals surface area contributed by atoms with Crippen LogP contribution in [0.1, 0.15) is 11.4 Å². The van der Waals surface area contributed by atoms with Crippen molar-refractivity contribution in [2.75, 3.05) is 11.9 Å². The van der Waals surface area contributed by atoms with Gasteiger partial charge >= 0.3 is 0 Å². The Morgan fingerprint density at radius 2 is 1.95 bits per heavy atom. The molecule has 0 aliphatic rings. The van der Waals surface area contributed by atoms with Crippen LogP contribution in [0.2, 0.25) is 0 Å². The van der Waals surface area contributed by atoms with Gasteiger partial charge in [0.05, 0.1) is 11.0 Å². The summed E-state index contributed by atoms with van der Waals surface area (Å²) in [5.41, 5.74) is 1.38. The second kappa shape index (κ2) is 6.61. The quantitative estimate of drug-likeness (QED) is 0.668. The molecule has 8 heteroatoms. The highest BCUT2D eigenvalue weighted by Gasteiger charge is 2.09. The van der Waals surface area contributed by atoms with E-state index in [-0.39, 0.29) is 24.0 Å². The van der Waals surface area contributed by atoms with Crippen LogP contribution in [0.25, 0.3) is 0 Å². The number of hydrogen-bond acceptors (Lipinski definition) is 6. The molecule has 2 rings (SSSR count). The Hall–Kier alpha value is -3.03. The van der Waals surface area contributed by atoms with Crippen LogP contribution in [0, 0.1) is 24.0 Å². The summed E-state index contributed by atoms with van der Waals surface area (Å²) in [6.07, 6.45) is 0. The van der Waals surface area contributed by atoms with E-state index in [1.807, 2.05) is 0 Å². The monoisotopic (exact) mass is 302 g/mol. The molecule has 1 aromatic carbocycles. The summed E-state index contributed by atoms with van der Waals surface area (Å²) in [4.78, 5) is 30.1. The first-order valence-electron chi connectivity index (χ1n) is 6.43. The van der Waals surface area contributed by atoms with Crippen molar-refractivity contribution in [2.24, 2.45) is 0 Å². The first kappa shape index (κ1) is 15.4. The van der Waals surface area contributed by atoms with Crippen molar-refractivity contribution in [2.45, 2.75) is 13.8 Å². The molecular formula is C14H14N4O4. The fourth-order valence-electron chi connectivity index (χ4n) is 1.78. The number of aromatic nitrogens is 2. The van der Waals surface area contributed by atoms with Crippen molar-refractivity contribution >= 4 is 17.5 Å². The number of rotatable bonds is 5. The molecule has 1 N–H and O–H groups in total. The van der Waals surface area contributed by atoms with Crippen LogP contribution < -0.4 is 10.1 Å². The number of aryl methyl sites for hydroxylation is 2. The van der Waals surface area contributed by atoms with E-state index < -0.39 is 10.8 Å². The molecular weight excluding hydrogens is 288 g/mol. The molecule has 1 heterocycles. The molecule has 2 aromatic rings. The number of anilines is 1. The van der Waals surface area contributed by atoms with E-state index in [1.165, 1.54) is 24.3 Å². The van der Waals surface area contributed by atoms with Gasteiger partial charge in [0.15, 0.2) is 6.61 Å². The van der Waals surface area contributed by atoms with E-state index >= 15 is 0 Å². The average molecular weight is 302 g/mol. The number of ether oxygens (including phenoxy) is 1. The van der Waals surface area contributed by atoms with Gasteiger partial charge in [0.25, 0.3) is 11.6 Å². The van der Waals surface area contributed by atoms with Crippen LogP contribution in [0.4, 0.5) is 11.6 Å². The summed E-state index contributed by atoms with van der Waals surface area (Å²) in [6, 6.07) is 7.40. The second-order valence-corrected chi connectivity index (χ2v) is 4.57. The average Bonchev–Trinajstić information content (AvgIpc) is 2.44. The number of nitro benzene ring substituents is 1. The molecule has 0 unspecified atom stereocenters. The number of nitrogens with one attached hydrogen (secondary N) is 1. The zero-order valence-corrected chi connectivity index (χ0v) is 12.1. The molecule has 0 atom stereocenters.